The van der Waals surface area contributed by atoms with Crippen molar-refractivity contribution in [3.05, 3.63) is 23.8 Å². The van der Waals surface area contributed by atoms with Crippen LogP contribution in [-0.4, -0.2) is 74.8 Å². The smallest absolute Gasteiger partial charge is 0.0826 e. The van der Waals surface area contributed by atoms with E-state index in [4.69, 9.17) is 19.3 Å². The van der Waals surface area contributed by atoms with Crippen molar-refractivity contribution >= 4 is 0 Å². The molecule has 0 saturated heterocycles. The van der Waals surface area contributed by atoms with Gasteiger partial charge >= 0.3 is 0 Å². The number of methoxy groups -OCH3 is 3. The van der Waals surface area contributed by atoms with Crippen molar-refractivity contribution < 1.29 is 29.5 Å². The summed E-state index contributed by atoms with van der Waals surface area (Å²) >= 11 is 0. The van der Waals surface area contributed by atoms with E-state index in [-0.39, 0.29) is 36.9 Å². The first-order chi connectivity index (χ1) is 14.8. The van der Waals surface area contributed by atoms with Crippen molar-refractivity contribution in [3.63, 3.8) is 0 Å². The molecular weight excluding hydrogens is 396 g/mol. The number of hydrogen-bond acceptors (Lipinski definition) is 6. The maximum absolute atomic E-state index is 10.7. The van der Waals surface area contributed by atoms with Crippen LogP contribution in [-0.2, 0) is 14.2 Å². The zero-order valence-corrected chi connectivity index (χ0v) is 21.0. The van der Waals surface area contributed by atoms with Gasteiger partial charge in [-0.25, -0.2) is 0 Å². The van der Waals surface area contributed by atoms with Crippen molar-refractivity contribution in [2.75, 3.05) is 35.0 Å². The fourth-order valence-electron chi connectivity index (χ4n) is 4.39. The lowest BCUT2D eigenvalue weighted by Gasteiger charge is -2.23. The summed E-state index contributed by atoms with van der Waals surface area (Å²) in [5, 5.41) is 27.0. The van der Waals surface area contributed by atoms with Crippen LogP contribution in [0, 0.1) is 23.7 Å². The molecule has 6 heteroatoms. The second-order valence-corrected chi connectivity index (χ2v) is 8.69. The van der Waals surface area contributed by atoms with E-state index in [0.29, 0.717) is 24.2 Å². The van der Waals surface area contributed by atoms with Crippen LogP contribution in [0.3, 0.4) is 0 Å². The fourth-order valence-corrected chi connectivity index (χ4v) is 4.39. The lowest BCUT2D eigenvalue weighted by atomic mass is 9.91. The van der Waals surface area contributed by atoms with Crippen LogP contribution in [0.15, 0.2) is 23.8 Å². The molecule has 1 rings (SSSR count). The summed E-state index contributed by atoms with van der Waals surface area (Å²) in [4.78, 5) is 0. The molecule has 0 aromatic rings. The van der Waals surface area contributed by atoms with E-state index < -0.39 is 0 Å². The molecule has 8 unspecified atom stereocenters. The molecule has 0 bridgehead atoms. The van der Waals surface area contributed by atoms with Gasteiger partial charge in [0, 0.05) is 40.8 Å². The zero-order valence-electron chi connectivity index (χ0n) is 21.0. The highest BCUT2D eigenvalue weighted by molar-refractivity contribution is 5.13. The Hall–Kier alpha value is -0.760. The van der Waals surface area contributed by atoms with Crippen molar-refractivity contribution in [2.45, 2.75) is 77.8 Å². The number of allylic oxidation sites excluding steroid dienone is 2. The summed E-state index contributed by atoms with van der Waals surface area (Å²) in [5.74, 6) is 1.55. The minimum absolute atomic E-state index is 0.00140. The van der Waals surface area contributed by atoms with Gasteiger partial charge in [0.15, 0.2) is 0 Å². The van der Waals surface area contributed by atoms with E-state index >= 15 is 0 Å². The third kappa shape index (κ3) is 10.6. The van der Waals surface area contributed by atoms with Crippen molar-refractivity contribution in [3.8, 4) is 0 Å². The minimum Gasteiger partial charge on any atom is -0.400 e. The number of ether oxygens (including phenoxy) is 3. The topological polar surface area (TPSA) is 88.4 Å². The molecule has 0 aromatic heterocycles. The Balaban J connectivity index is 0.00000436. The largest absolute Gasteiger partial charge is 0.400 e. The van der Waals surface area contributed by atoms with Crippen LogP contribution in [0.5, 0.6) is 0 Å². The Labute approximate surface area is 190 Å². The SMILES string of the molecule is CCC(OC)C(C)C1CC1C(O)C(C)/C=C/C=C(\C)CC(CC(CO)OC)OC.CO. The maximum Gasteiger partial charge on any atom is 0.0826 e. The van der Waals surface area contributed by atoms with E-state index in [1.54, 1.807) is 21.3 Å². The van der Waals surface area contributed by atoms with Gasteiger partial charge in [0.05, 0.1) is 31.0 Å². The number of aliphatic hydroxyl groups excluding tert-OH is 3. The molecule has 8 atom stereocenters. The zero-order chi connectivity index (χ0) is 24.0. The van der Waals surface area contributed by atoms with Gasteiger partial charge in [0.2, 0.25) is 0 Å². The van der Waals surface area contributed by atoms with Crippen LogP contribution >= 0.6 is 0 Å². The molecule has 0 amide bonds. The average Bonchev–Trinajstić information content (AvgIpc) is 3.59. The number of aliphatic hydroxyl groups is 3. The second kappa shape index (κ2) is 16.8. The molecule has 1 fully saturated rings. The molecule has 0 radical (unpaired) electrons. The number of rotatable bonds is 15. The normalized spacial score (nSPS) is 24.7. The summed E-state index contributed by atoms with van der Waals surface area (Å²) in [6.07, 6.45) is 9.57. The Morgan fingerprint density at radius 1 is 1.03 bits per heavy atom. The maximum atomic E-state index is 10.7. The quantitative estimate of drug-likeness (QED) is 0.335. The van der Waals surface area contributed by atoms with Crippen molar-refractivity contribution in [2.24, 2.45) is 23.7 Å². The van der Waals surface area contributed by atoms with Gasteiger partial charge in [-0.2, -0.15) is 0 Å². The predicted molar refractivity (Wildman–Crippen MR) is 126 cm³/mol. The summed E-state index contributed by atoms with van der Waals surface area (Å²) in [6, 6.07) is 0. The molecule has 0 aliphatic heterocycles. The predicted octanol–water partition coefficient (Wildman–Crippen LogP) is 3.59. The lowest BCUT2D eigenvalue weighted by molar-refractivity contribution is -0.00396. The average molecular weight is 445 g/mol. The fraction of sp³-hybridized carbons (Fsp3) is 0.840. The van der Waals surface area contributed by atoms with Crippen LogP contribution in [0.4, 0.5) is 0 Å². The van der Waals surface area contributed by atoms with Crippen molar-refractivity contribution in [1.29, 1.82) is 0 Å². The van der Waals surface area contributed by atoms with E-state index in [0.717, 1.165) is 26.4 Å². The van der Waals surface area contributed by atoms with Gasteiger partial charge < -0.3 is 29.5 Å². The molecule has 6 nitrogen and oxygen atoms in total. The summed E-state index contributed by atoms with van der Waals surface area (Å²) in [7, 11) is 6.08. The van der Waals surface area contributed by atoms with Gasteiger partial charge in [0.1, 0.15) is 0 Å². The Morgan fingerprint density at radius 2 is 1.65 bits per heavy atom. The third-order valence-electron chi connectivity index (χ3n) is 6.58. The van der Waals surface area contributed by atoms with E-state index in [2.05, 4.69) is 39.8 Å². The highest BCUT2D eigenvalue weighted by Crippen LogP contribution is 2.49. The lowest BCUT2D eigenvalue weighted by Crippen LogP contribution is -2.25. The molecule has 1 aliphatic rings. The highest BCUT2D eigenvalue weighted by atomic mass is 16.5. The molecule has 31 heavy (non-hydrogen) atoms. The summed E-state index contributed by atoms with van der Waals surface area (Å²) in [5.41, 5.74) is 1.20. The van der Waals surface area contributed by atoms with Crippen molar-refractivity contribution in [1.82, 2.24) is 0 Å². The van der Waals surface area contributed by atoms with Crippen LogP contribution in [0.2, 0.25) is 0 Å². The van der Waals surface area contributed by atoms with Crippen LogP contribution in [0.25, 0.3) is 0 Å². The van der Waals surface area contributed by atoms with Crippen LogP contribution < -0.4 is 0 Å². The van der Waals surface area contributed by atoms with Gasteiger partial charge in [-0.1, -0.05) is 44.6 Å². The number of hydrogen-bond donors (Lipinski definition) is 3. The second-order valence-electron chi connectivity index (χ2n) is 8.69. The Bertz CT molecular complexity index is 498. The van der Waals surface area contributed by atoms with E-state index in [1.807, 2.05) is 6.08 Å². The molecular formula is C25H48O6. The molecule has 184 valence electrons. The molecule has 3 N–H and O–H groups in total. The summed E-state index contributed by atoms with van der Waals surface area (Å²) < 4.78 is 16.3. The third-order valence-corrected chi connectivity index (χ3v) is 6.58. The molecule has 0 heterocycles. The molecule has 1 saturated carbocycles. The Kier molecular flexibility index (Phi) is 16.4. The van der Waals surface area contributed by atoms with Gasteiger partial charge in [-0.15, -0.1) is 0 Å². The van der Waals surface area contributed by atoms with Gasteiger partial charge in [-0.05, 0) is 43.9 Å². The van der Waals surface area contributed by atoms with Gasteiger partial charge in [0.25, 0.3) is 0 Å². The highest BCUT2D eigenvalue weighted by Gasteiger charge is 2.48. The monoisotopic (exact) mass is 444 g/mol. The summed E-state index contributed by atoms with van der Waals surface area (Å²) in [6.45, 7) is 8.57. The first-order valence-electron chi connectivity index (χ1n) is 11.5. The van der Waals surface area contributed by atoms with Crippen LogP contribution in [0.1, 0.15) is 53.4 Å². The van der Waals surface area contributed by atoms with E-state index in [9.17, 15) is 10.2 Å². The van der Waals surface area contributed by atoms with Gasteiger partial charge in [-0.3, -0.25) is 0 Å². The minimum atomic E-state index is -0.305. The molecule has 0 aromatic carbocycles. The van der Waals surface area contributed by atoms with E-state index in [1.165, 1.54) is 5.57 Å². The molecule has 1 aliphatic carbocycles. The first-order valence-corrected chi connectivity index (χ1v) is 11.5. The Morgan fingerprint density at radius 3 is 2.13 bits per heavy atom. The molecule has 0 spiro atoms. The first kappa shape index (κ1) is 30.2. The standard InChI is InChI=1S/C24H44O5.CH4O/c1-8-23(29-7)18(4)21-14-22(21)24(26)17(3)11-9-10-16(2)12-19(27-5)13-20(15-25)28-6;1-2/h9-11,17-26H,8,12-15H2,1-7H3;2H,1H3/b11-9+,16-10+;.